The van der Waals surface area contributed by atoms with Gasteiger partial charge in [-0.05, 0) is 6.42 Å². The third-order valence-electron chi connectivity index (χ3n) is 1.53. The zero-order valence-electron chi connectivity index (χ0n) is 5.11. The Hall–Kier alpha value is -1.10. The second-order valence-electron chi connectivity index (χ2n) is 2.22. The highest BCUT2D eigenvalue weighted by molar-refractivity contribution is 5.86. The first kappa shape index (κ1) is 7.01. The van der Waals surface area contributed by atoms with Gasteiger partial charge < -0.3 is 9.94 Å². The van der Waals surface area contributed by atoms with Crippen molar-refractivity contribution in [3.05, 3.63) is 0 Å². The highest BCUT2D eigenvalue weighted by Crippen LogP contribution is 2.39. The lowest BCUT2D eigenvalue weighted by Gasteiger charge is -1.91. The minimum atomic E-state index is -0.963. The van der Waals surface area contributed by atoms with Crippen molar-refractivity contribution in [1.82, 2.24) is 0 Å². The van der Waals surface area contributed by atoms with E-state index in [2.05, 4.69) is 10.7 Å². The van der Waals surface area contributed by atoms with Crippen molar-refractivity contribution < 1.29 is 19.5 Å². The van der Waals surface area contributed by atoms with E-state index in [0.717, 1.165) is 0 Å². The summed E-state index contributed by atoms with van der Waals surface area (Å²) < 4.78 is 0. The van der Waals surface area contributed by atoms with E-state index in [1.807, 2.05) is 0 Å². The van der Waals surface area contributed by atoms with Gasteiger partial charge in [0.05, 0.1) is 11.8 Å². The molecule has 0 bridgehead atoms. The van der Waals surface area contributed by atoms with Crippen LogP contribution in [-0.2, 0) is 14.4 Å². The molecule has 0 aromatic carbocycles. The molecule has 0 amide bonds. The number of carboxylic acids is 1. The molecular formula is C5H7NO4. The van der Waals surface area contributed by atoms with E-state index < -0.39 is 23.8 Å². The Labute approximate surface area is 56.7 Å². The first-order valence-corrected chi connectivity index (χ1v) is 2.80. The molecule has 1 saturated carbocycles. The van der Waals surface area contributed by atoms with Crippen LogP contribution < -0.4 is 5.90 Å². The normalized spacial score (nSPS) is 29.3. The Kier molecular flexibility index (Phi) is 1.58. The molecule has 3 N–H and O–H groups in total. The molecule has 0 radical (unpaired) electrons. The number of aliphatic carboxylic acids is 1. The molecular weight excluding hydrogens is 138 g/mol. The number of carboxylic acid groups (broad SMARTS) is 1. The lowest BCUT2D eigenvalue weighted by molar-refractivity contribution is -0.149. The second kappa shape index (κ2) is 2.26. The van der Waals surface area contributed by atoms with Gasteiger partial charge in [0.1, 0.15) is 0 Å². The fourth-order valence-electron chi connectivity index (χ4n) is 0.816. The van der Waals surface area contributed by atoms with E-state index in [1.165, 1.54) is 0 Å². The number of carbonyl (C=O) groups excluding carboxylic acids is 1. The van der Waals surface area contributed by atoms with Crippen LogP contribution in [0.2, 0.25) is 0 Å². The lowest BCUT2D eigenvalue weighted by Crippen LogP contribution is -2.14. The van der Waals surface area contributed by atoms with Crippen LogP contribution in [0.25, 0.3) is 0 Å². The summed E-state index contributed by atoms with van der Waals surface area (Å²) in [6.45, 7) is 0. The SMILES string of the molecule is NOC(=O)C1CC1C(=O)O. The third-order valence-corrected chi connectivity index (χ3v) is 1.53. The molecule has 2 unspecified atom stereocenters. The number of nitrogens with two attached hydrogens (primary N) is 1. The summed E-state index contributed by atoms with van der Waals surface area (Å²) in [5, 5.41) is 8.32. The van der Waals surface area contributed by atoms with Crippen LogP contribution in [0.1, 0.15) is 6.42 Å². The molecule has 10 heavy (non-hydrogen) atoms. The molecule has 0 saturated heterocycles. The molecule has 56 valence electrons. The van der Waals surface area contributed by atoms with Crippen LogP contribution in [0.4, 0.5) is 0 Å². The van der Waals surface area contributed by atoms with Gasteiger partial charge in [-0.15, -0.1) is 0 Å². The van der Waals surface area contributed by atoms with Gasteiger partial charge >= 0.3 is 11.9 Å². The van der Waals surface area contributed by atoms with Crippen molar-refractivity contribution >= 4 is 11.9 Å². The van der Waals surface area contributed by atoms with Crippen LogP contribution in [-0.4, -0.2) is 17.0 Å². The minimum Gasteiger partial charge on any atom is -0.481 e. The molecule has 1 fully saturated rings. The van der Waals surface area contributed by atoms with Gasteiger partial charge in [-0.25, -0.2) is 0 Å². The average Bonchev–Trinajstić information content (AvgIpc) is 2.64. The Bertz CT molecular complexity index is 178. The Morgan fingerprint density at radius 2 is 2.10 bits per heavy atom. The Morgan fingerprint density at radius 3 is 2.40 bits per heavy atom. The van der Waals surface area contributed by atoms with Crippen LogP contribution in [0, 0.1) is 11.8 Å². The average molecular weight is 145 g/mol. The van der Waals surface area contributed by atoms with E-state index in [-0.39, 0.29) is 0 Å². The molecule has 5 heteroatoms. The lowest BCUT2D eigenvalue weighted by atomic mass is 10.3. The van der Waals surface area contributed by atoms with E-state index in [1.54, 1.807) is 0 Å². The van der Waals surface area contributed by atoms with Crippen LogP contribution in [0.5, 0.6) is 0 Å². The third kappa shape index (κ3) is 1.08. The van der Waals surface area contributed by atoms with Gasteiger partial charge in [0.2, 0.25) is 0 Å². The van der Waals surface area contributed by atoms with Crippen molar-refractivity contribution in [2.24, 2.45) is 17.7 Å². The predicted molar refractivity (Wildman–Crippen MR) is 29.5 cm³/mol. The summed E-state index contributed by atoms with van der Waals surface area (Å²) >= 11 is 0. The fourth-order valence-corrected chi connectivity index (χ4v) is 0.816. The molecule has 0 aromatic heterocycles. The number of rotatable bonds is 2. The van der Waals surface area contributed by atoms with Gasteiger partial charge in [0.15, 0.2) is 0 Å². The summed E-state index contributed by atoms with van der Waals surface area (Å²) in [4.78, 5) is 24.5. The summed E-state index contributed by atoms with van der Waals surface area (Å²) in [6, 6.07) is 0. The highest BCUT2D eigenvalue weighted by atomic mass is 16.7. The van der Waals surface area contributed by atoms with E-state index >= 15 is 0 Å². The highest BCUT2D eigenvalue weighted by Gasteiger charge is 2.49. The first-order valence-electron chi connectivity index (χ1n) is 2.80. The minimum absolute atomic E-state index is 0.353. The maximum atomic E-state index is 10.5. The maximum absolute atomic E-state index is 10.5. The zero-order chi connectivity index (χ0) is 7.72. The molecule has 5 nitrogen and oxygen atoms in total. The number of carbonyl (C=O) groups is 2. The topological polar surface area (TPSA) is 89.6 Å². The van der Waals surface area contributed by atoms with Crippen molar-refractivity contribution in [3.63, 3.8) is 0 Å². The van der Waals surface area contributed by atoms with Crippen molar-refractivity contribution in [2.45, 2.75) is 6.42 Å². The van der Waals surface area contributed by atoms with Gasteiger partial charge in [-0.1, -0.05) is 0 Å². The van der Waals surface area contributed by atoms with Crippen molar-refractivity contribution in [2.75, 3.05) is 0 Å². The van der Waals surface area contributed by atoms with Crippen LogP contribution in [0.3, 0.4) is 0 Å². The second-order valence-corrected chi connectivity index (χ2v) is 2.22. The van der Waals surface area contributed by atoms with Gasteiger partial charge in [-0.3, -0.25) is 9.59 Å². The van der Waals surface area contributed by atoms with Crippen LogP contribution >= 0.6 is 0 Å². The fraction of sp³-hybridized carbons (Fsp3) is 0.600. The predicted octanol–water partition coefficient (Wildman–Crippen LogP) is -0.876. The molecule has 1 aliphatic rings. The summed E-state index contributed by atoms with van der Waals surface area (Å²) in [6.07, 6.45) is 0.353. The smallest absolute Gasteiger partial charge is 0.328 e. The zero-order valence-corrected chi connectivity index (χ0v) is 5.11. The van der Waals surface area contributed by atoms with E-state index in [0.29, 0.717) is 6.42 Å². The maximum Gasteiger partial charge on any atom is 0.328 e. The number of hydrogen-bond donors (Lipinski definition) is 2. The van der Waals surface area contributed by atoms with E-state index in [9.17, 15) is 9.59 Å². The number of hydrogen-bond acceptors (Lipinski definition) is 4. The molecule has 1 rings (SSSR count). The molecule has 0 aromatic rings. The Morgan fingerprint density at radius 1 is 1.50 bits per heavy atom. The molecule has 2 atom stereocenters. The summed E-state index contributed by atoms with van der Waals surface area (Å²) in [5.41, 5.74) is 0. The van der Waals surface area contributed by atoms with Crippen molar-refractivity contribution in [3.8, 4) is 0 Å². The Balaban J connectivity index is 2.38. The summed E-state index contributed by atoms with van der Waals surface area (Å²) in [5.74, 6) is 1.85. The molecule has 0 heterocycles. The quantitative estimate of drug-likeness (QED) is 0.492. The summed E-state index contributed by atoms with van der Waals surface area (Å²) in [7, 11) is 0. The molecule has 0 aliphatic heterocycles. The standard InChI is InChI=1S/C5H7NO4/c6-10-5(9)3-1-2(3)4(7)8/h2-3H,1,6H2,(H,7,8). The first-order chi connectivity index (χ1) is 4.66. The molecule has 0 spiro atoms. The van der Waals surface area contributed by atoms with Gasteiger partial charge in [-0.2, -0.15) is 5.90 Å². The van der Waals surface area contributed by atoms with Crippen molar-refractivity contribution in [1.29, 1.82) is 0 Å². The molecule has 1 aliphatic carbocycles. The van der Waals surface area contributed by atoms with Gasteiger partial charge in [0, 0.05) is 0 Å². The largest absolute Gasteiger partial charge is 0.481 e. The van der Waals surface area contributed by atoms with E-state index in [4.69, 9.17) is 5.11 Å². The van der Waals surface area contributed by atoms with Crippen LogP contribution in [0.15, 0.2) is 0 Å². The monoisotopic (exact) mass is 145 g/mol. The van der Waals surface area contributed by atoms with Gasteiger partial charge in [0.25, 0.3) is 0 Å².